The zero-order chi connectivity index (χ0) is 21.7. The Morgan fingerprint density at radius 2 is 0.571 bits per heavy atom. The molecule has 12 nitrogen and oxygen atoms in total. The van der Waals surface area contributed by atoms with E-state index in [2.05, 4.69) is 0 Å². The van der Waals surface area contributed by atoms with Gasteiger partial charge >= 0.3 is 33.1 Å². The van der Waals surface area contributed by atoms with E-state index in [0.29, 0.717) is 0 Å². The van der Waals surface area contributed by atoms with Gasteiger partial charge in [-0.15, -0.1) is 0 Å². The Bertz CT molecular complexity index is 305. The third-order valence-corrected chi connectivity index (χ3v) is 5.30. The zero-order valence-electron chi connectivity index (χ0n) is 18.1. The van der Waals surface area contributed by atoms with Crippen molar-refractivity contribution in [3.63, 3.8) is 0 Å². The highest BCUT2D eigenvalue weighted by Gasteiger charge is 2.44. The first-order chi connectivity index (χ1) is 13.3. The summed E-state index contributed by atoms with van der Waals surface area (Å²) in [4.78, 5) is 0. The summed E-state index contributed by atoms with van der Waals surface area (Å²) in [6, 6.07) is 0. The van der Waals surface area contributed by atoms with Crippen LogP contribution in [0.1, 0.15) is 0 Å². The molecule has 0 saturated carbocycles. The van der Waals surface area contributed by atoms with Crippen LogP contribution in [0.25, 0.3) is 0 Å². The van der Waals surface area contributed by atoms with Gasteiger partial charge in [-0.3, -0.25) is 0 Å². The predicted octanol–water partition coefficient (Wildman–Crippen LogP) is -0.200. The molecule has 0 aromatic carbocycles. The topological polar surface area (TPSA) is 111 Å². The van der Waals surface area contributed by atoms with Gasteiger partial charge in [-0.05, 0) is 0 Å². The standard InChI is InChI=1S/3C5H11O4.Al/c3*1-7-5(4-6,8-2)9-3;/h3*4H2,1-3H3;/q3*-1;+3. The van der Waals surface area contributed by atoms with E-state index >= 15 is 0 Å². The van der Waals surface area contributed by atoms with E-state index in [1.54, 1.807) is 0 Å². The van der Waals surface area contributed by atoms with E-state index in [1.165, 1.54) is 64.0 Å². The maximum Gasteiger partial charge on any atom is 0.906 e. The van der Waals surface area contributed by atoms with Gasteiger partial charge in [0, 0.05) is 64.0 Å². The van der Waals surface area contributed by atoms with E-state index in [4.69, 9.17) is 54.0 Å². The Kier molecular flexibility index (Phi) is 14.2. The average molecular weight is 432 g/mol. The molecule has 28 heavy (non-hydrogen) atoms. The van der Waals surface area contributed by atoms with Gasteiger partial charge in [-0.1, -0.05) is 0 Å². The lowest BCUT2D eigenvalue weighted by Crippen LogP contribution is -2.49. The van der Waals surface area contributed by atoms with Crippen LogP contribution < -0.4 is 0 Å². The molecule has 13 heteroatoms. The van der Waals surface area contributed by atoms with Gasteiger partial charge in [0.05, 0.1) is 0 Å². The molecule has 0 amide bonds. The number of hydrogen-bond acceptors (Lipinski definition) is 12. The van der Waals surface area contributed by atoms with Crippen molar-refractivity contribution in [3.8, 4) is 0 Å². The van der Waals surface area contributed by atoms with Crippen LogP contribution in [0.5, 0.6) is 0 Å². The number of methoxy groups -OCH3 is 9. The summed E-state index contributed by atoms with van der Waals surface area (Å²) in [7, 11) is 12.7. The molecule has 0 aromatic heterocycles. The third-order valence-electron chi connectivity index (χ3n) is 3.99. The van der Waals surface area contributed by atoms with Crippen LogP contribution >= 0.6 is 0 Å². The van der Waals surface area contributed by atoms with E-state index in [0.717, 1.165) is 0 Å². The van der Waals surface area contributed by atoms with E-state index in [1.807, 2.05) is 0 Å². The maximum atomic E-state index is 5.72. The molecule has 0 aromatic rings. The smallest absolute Gasteiger partial charge is 0.448 e. The summed E-state index contributed by atoms with van der Waals surface area (Å²) in [5, 5.41) is 0. The minimum absolute atomic E-state index is 0.146. The summed E-state index contributed by atoms with van der Waals surface area (Å²) >= 11 is -2.88. The highest BCUT2D eigenvalue weighted by atomic mass is 27.3. The second kappa shape index (κ2) is 14.1. The van der Waals surface area contributed by atoms with Gasteiger partial charge < -0.3 is 54.0 Å². The molecule has 0 heterocycles. The Hall–Kier alpha value is 0.0525. The van der Waals surface area contributed by atoms with Crippen LogP contribution in [-0.4, -0.2) is 117 Å². The van der Waals surface area contributed by atoms with Crippen molar-refractivity contribution in [2.45, 2.75) is 17.9 Å². The Morgan fingerprint density at radius 3 is 0.714 bits per heavy atom. The highest BCUT2D eigenvalue weighted by Crippen LogP contribution is 2.18. The monoisotopic (exact) mass is 432 g/mol. The van der Waals surface area contributed by atoms with Gasteiger partial charge in [-0.25, -0.2) is 0 Å². The van der Waals surface area contributed by atoms with Crippen molar-refractivity contribution in [2.24, 2.45) is 0 Å². The van der Waals surface area contributed by atoms with Gasteiger partial charge in [0.15, 0.2) is 0 Å². The molecule has 0 atom stereocenters. The molecule has 0 bridgehead atoms. The van der Waals surface area contributed by atoms with E-state index in [9.17, 15) is 0 Å². The predicted molar refractivity (Wildman–Crippen MR) is 94.9 cm³/mol. The maximum absolute atomic E-state index is 5.72. The number of ether oxygens (including phenoxy) is 9. The van der Waals surface area contributed by atoms with Crippen molar-refractivity contribution in [1.29, 1.82) is 0 Å². The Morgan fingerprint density at radius 1 is 0.393 bits per heavy atom. The normalized spacial score (nSPS) is 13.2. The highest BCUT2D eigenvalue weighted by molar-refractivity contribution is 6.36. The van der Waals surface area contributed by atoms with Crippen molar-refractivity contribution in [3.05, 3.63) is 0 Å². The first-order valence-electron chi connectivity index (χ1n) is 8.15. The summed E-state index contributed by atoms with van der Waals surface area (Å²) in [5.74, 6) is -4.29. The molecule has 0 rings (SSSR count). The molecule has 168 valence electrons. The zero-order valence-corrected chi connectivity index (χ0v) is 19.3. The Labute approximate surface area is 171 Å². The molecule has 0 radical (unpaired) electrons. The molecular formula is C15H33AlO12. The lowest BCUT2D eigenvalue weighted by Gasteiger charge is -2.33. The summed E-state index contributed by atoms with van der Waals surface area (Å²) < 4.78 is 64.0. The van der Waals surface area contributed by atoms with Gasteiger partial charge in [0.25, 0.3) is 0 Å². The average Bonchev–Trinajstić information content (AvgIpc) is 2.76. The van der Waals surface area contributed by atoms with Crippen LogP contribution in [0.2, 0.25) is 0 Å². The van der Waals surface area contributed by atoms with Crippen molar-refractivity contribution < 1.29 is 54.0 Å². The molecular weight excluding hydrogens is 399 g/mol. The molecule has 0 unspecified atom stereocenters. The first kappa shape index (κ1) is 28.1. The fourth-order valence-corrected chi connectivity index (χ4v) is 3.24. The fraction of sp³-hybridized carbons (Fsp3) is 1.00. The molecule has 0 saturated heterocycles. The summed E-state index contributed by atoms with van der Waals surface area (Å²) in [6.07, 6.45) is 0. The SMILES string of the molecule is COC(C[O][Al]([O]CC(OC)(OC)OC)[O]CC(OC)(OC)OC)(OC)OC. The molecule has 0 aliphatic rings. The van der Waals surface area contributed by atoms with Gasteiger partial charge in [-0.2, -0.15) is 0 Å². The molecule has 0 fully saturated rings. The second-order valence-corrected chi connectivity index (χ2v) is 6.69. The summed E-state index contributed by atoms with van der Waals surface area (Å²) in [6.45, 7) is -0.437. The van der Waals surface area contributed by atoms with Gasteiger partial charge in [0.2, 0.25) is 0 Å². The molecule has 0 aliphatic carbocycles. The Balaban J connectivity index is 5.19. The largest absolute Gasteiger partial charge is 0.906 e. The van der Waals surface area contributed by atoms with Crippen molar-refractivity contribution in [2.75, 3.05) is 83.8 Å². The van der Waals surface area contributed by atoms with Crippen LogP contribution in [0.15, 0.2) is 0 Å². The minimum atomic E-state index is -2.88. The third kappa shape index (κ3) is 8.06. The van der Waals surface area contributed by atoms with Gasteiger partial charge in [0.1, 0.15) is 19.8 Å². The van der Waals surface area contributed by atoms with Crippen LogP contribution in [0.4, 0.5) is 0 Å². The lowest BCUT2D eigenvalue weighted by molar-refractivity contribution is -0.374. The number of hydrogen-bond donors (Lipinski definition) is 0. The van der Waals surface area contributed by atoms with Crippen LogP contribution in [0, 0.1) is 0 Å². The number of rotatable bonds is 18. The second-order valence-electron chi connectivity index (χ2n) is 5.11. The van der Waals surface area contributed by atoms with Crippen LogP contribution in [0.3, 0.4) is 0 Å². The molecule has 0 N–H and O–H groups in total. The van der Waals surface area contributed by atoms with E-state index in [-0.39, 0.29) is 19.8 Å². The first-order valence-corrected chi connectivity index (χ1v) is 9.56. The fourth-order valence-electron chi connectivity index (χ4n) is 1.93. The van der Waals surface area contributed by atoms with E-state index < -0.39 is 33.1 Å². The lowest BCUT2D eigenvalue weighted by atomic mass is 10.6. The minimum Gasteiger partial charge on any atom is -0.448 e. The molecule has 0 spiro atoms. The quantitative estimate of drug-likeness (QED) is 0.211. The van der Waals surface area contributed by atoms with Crippen molar-refractivity contribution in [1.82, 2.24) is 0 Å². The summed E-state index contributed by atoms with van der Waals surface area (Å²) in [5.41, 5.74) is 0. The van der Waals surface area contributed by atoms with Crippen LogP contribution in [-0.2, 0) is 54.0 Å². The molecule has 0 aliphatic heterocycles. The van der Waals surface area contributed by atoms with Crippen molar-refractivity contribution >= 4 is 15.1 Å².